The first-order chi connectivity index (χ1) is 14.6. The molecule has 0 atom stereocenters. The molecule has 158 valence electrons. The number of nitrogens with zero attached hydrogens (tertiary/aromatic N) is 2. The van der Waals surface area contributed by atoms with Crippen LogP contribution in [0.1, 0.15) is 36.8 Å². The molecule has 0 unspecified atom stereocenters. The van der Waals surface area contributed by atoms with Crippen LogP contribution < -0.4 is 15.5 Å². The number of nitrogens with one attached hydrogen (secondary N) is 2. The average Bonchev–Trinajstić information content (AvgIpc) is 2.76. The predicted molar refractivity (Wildman–Crippen MR) is 128 cm³/mol. The Balaban J connectivity index is 1.29. The Morgan fingerprint density at radius 3 is 2.43 bits per heavy atom. The van der Waals surface area contributed by atoms with E-state index >= 15 is 0 Å². The van der Waals surface area contributed by atoms with Crippen LogP contribution in [-0.2, 0) is 6.54 Å². The van der Waals surface area contributed by atoms with E-state index in [0.29, 0.717) is 6.04 Å². The molecule has 1 heterocycles. The van der Waals surface area contributed by atoms with E-state index in [1.54, 1.807) is 0 Å². The summed E-state index contributed by atoms with van der Waals surface area (Å²) in [6.45, 7) is 4.21. The smallest absolute Gasteiger partial charge is 0.128 e. The molecule has 0 saturated heterocycles. The van der Waals surface area contributed by atoms with Crippen molar-refractivity contribution in [3.63, 3.8) is 0 Å². The molecule has 1 aliphatic carbocycles. The van der Waals surface area contributed by atoms with Crippen LogP contribution in [0, 0.1) is 12.8 Å². The van der Waals surface area contributed by atoms with Gasteiger partial charge in [0.2, 0.25) is 0 Å². The minimum atomic E-state index is 0.516. The molecule has 3 aromatic rings. The van der Waals surface area contributed by atoms with Crippen LogP contribution >= 0.6 is 0 Å². The second kappa shape index (κ2) is 9.48. The first kappa shape index (κ1) is 20.7. The lowest BCUT2D eigenvalue weighted by Gasteiger charge is -2.30. The molecule has 1 saturated carbocycles. The molecular formula is C26H34N4. The maximum atomic E-state index is 4.87. The molecule has 0 radical (unpaired) electrons. The Morgan fingerprint density at radius 1 is 0.967 bits per heavy atom. The first-order valence-electron chi connectivity index (χ1n) is 11.2. The van der Waals surface area contributed by atoms with Gasteiger partial charge in [0, 0.05) is 43.8 Å². The van der Waals surface area contributed by atoms with Crippen LogP contribution in [0.3, 0.4) is 0 Å². The van der Waals surface area contributed by atoms with Gasteiger partial charge in [0.1, 0.15) is 5.82 Å². The zero-order valence-electron chi connectivity index (χ0n) is 18.5. The number of aromatic nitrogens is 1. The number of hydrogen-bond acceptors (Lipinski definition) is 4. The standard InChI is InChI=1S/C26H34N4/c1-19-8-10-20(11-9-19)17-27-18-21-12-14-22(15-13-21)28-26-16-25(30(2)3)23-6-4-5-7-24(23)29-26/h4-11,16,21-22,27H,12-15,17-18H2,1-3H3,(H,28,29). The van der Waals surface area contributed by atoms with Crippen LogP contribution in [0.4, 0.5) is 11.5 Å². The Hall–Kier alpha value is -2.59. The monoisotopic (exact) mass is 402 g/mol. The molecule has 1 aliphatic rings. The van der Waals surface area contributed by atoms with Gasteiger partial charge in [-0.05, 0) is 56.7 Å². The van der Waals surface area contributed by atoms with Gasteiger partial charge >= 0.3 is 0 Å². The van der Waals surface area contributed by atoms with Crippen LogP contribution in [0.15, 0.2) is 54.6 Å². The number of anilines is 2. The molecule has 2 aromatic carbocycles. The van der Waals surface area contributed by atoms with Gasteiger partial charge < -0.3 is 15.5 Å². The van der Waals surface area contributed by atoms with Gasteiger partial charge in [0.25, 0.3) is 0 Å². The van der Waals surface area contributed by atoms with Crippen LogP contribution in [0.5, 0.6) is 0 Å². The molecule has 4 heteroatoms. The summed E-state index contributed by atoms with van der Waals surface area (Å²) in [4.78, 5) is 7.04. The summed E-state index contributed by atoms with van der Waals surface area (Å²) in [5.41, 5.74) is 4.97. The topological polar surface area (TPSA) is 40.2 Å². The summed E-state index contributed by atoms with van der Waals surface area (Å²) in [5.74, 6) is 1.77. The van der Waals surface area contributed by atoms with E-state index < -0.39 is 0 Å². The molecule has 4 rings (SSSR count). The Labute approximate surface area is 180 Å². The normalized spacial score (nSPS) is 19.0. The van der Waals surface area contributed by atoms with Gasteiger partial charge in [-0.25, -0.2) is 4.98 Å². The molecule has 0 bridgehead atoms. The van der Waals surface area contributed by atoms with Crippen LogP contribution in [0.2, 0.25) is 0 Å². The number of pyridine rings is 1. The van der Waals surface area contributed by atoms with Crippen molar-refractivity contribution < 1.29 is 0 Å². The third kappa shape index (κ3) is 5.11. The number of rotatable bonds is 7. The van der Waals surface area contributed by atoms with Gasteiger partial charge in [0.05, 0.1) is 5.52 Å². The van der Waals surface area contributed by atoms with Crippen molar-refractivity contribution in [1.29, 1.82) is 0 Å². The lowest BCUT2D eigenvalue weighted by Crippen LogP contribution is -2.31. The van der Waals surface area contributed by atoms with Gasteiger partial charge in [-0.3, -0.25) is 0 Å². The molecule has 1 fully saturated rings. The molecule has 2 N–H and O–H groups in total. The fraction of sp³-hybridized carbons (Fsp3) is 0.423. The Kier molecular flexibility index (Phi) is 6.53. The molecule has 30 heavy (non-hydrogen) atoms. The fourth-order valence-corrected chi connectivity index (χ4v) is 4.45. The summed E-state index contributed by atoms with van der Waals surface area (Å²) < 4.78 is 0. The van der Waals surface area contributed by atoms with E-state index in [-0.39, 0.29) is 0 Å². The highest BCUT2D eigenvalue weighted by molar-refractivity contribution is 5.93. The van der Waals surface area contributed by atoms with Crippen molar-refractivity contribution in [2.75, 3.05) is 30.9 Å². The highest BCUT2D eigenvalue weighted by atomic mass is 15.1. The zero-order valence-corrected chi connectivity index (χ0v) is 18.5. The Bertz CT molecular complexity index is 956. The molecular weight excluding hydrogens is 368 g/mol. The number of fused-ring (bicyclic) bond motifs is 1. The Morgan fingerprint density at radius 2 is 1.70 bits per heavy atom. The third-order valence-electron chi connectivity index (χ3n) is 6.26. The maximum Gasteiger partial charge on any atom is 0.128 e. The predicted octanol–water partition coefficient (Wildman–Crippen LogP) is 5.37. The highest BCUT2D eigenvalue weighted by Gasteiger charge is 2.21. The molecule has 0 amide bonds. The van der Waals surface area contributed by atoms with Crippen LogP contribution in [-0.4, -0.2) is 31.7 Å². The summed E-state index contributed by atoms with van der Waals surface area (Å²) in [6.07, 6.45) is 4.96. The lowest BCUT2D eigenvalue weighted by molar-refractivity contribution is 0.324. The van der Waals surface area contributed by atoms with Gasteiger partial charge in [0.15, 0.2) is 0 Å². The number of benzene rings is 2. The van der Waals surface area contributed by atoms with Crippen molar-refractivity contribution >= 4 is 22.4 Å². The SMILES string of the molecule is Cc1ccc(CNCC2CCC(Nc3cc(N(C)C)c4ccccc4n3)CC2)cc1. The number of para-hydroxylation sites is 1. The molecule has 0 aliphatic heterocycles. The van der Waals surface area contributed by atoms with Gasteiger partial charge in [-0.1, -0.05) is 48.0 Å². The van der Waals surface area contributed by atoms with Gasteiger partial charge in [-0.15, -0.1) is 0 Å². The maximum absolute atomic E-state index is 4.87. The summed E-state index contributed by atoms with van der Waals surface area (Å²) >= 11 is 0. The summed E-state index contributed by atoms with van der Waals surface area (Å²) in [7, 11) is 4.20. The largest absolute Gasteiger partial charge is 0.377 e. The van der Waals surface area contributed by atoms with E-state index in [1.165, 1.54) is 47.9 Å². The van der Waals surface area contributed by atoms with Crippen molar-refractivity contribution in [1.82, 2.24) is 10.3 Å². The van der Waals surface area contributed by atoms with E-state index in [1.807, 2.05) is 0 Å². The average molecular weight is 403 g/mol. The second-order valence-corrected chi connectivity index (χ2v) is 8.92. The van der Waals surface area contributed by atoms with Crippen molar-refractivity contribution in [3.05, 3.63) is 65.7 Å². The van der Waals surface area contributed by atoms with E-state index in [9.17, 15) is 0 Å². The minimum absolute atomic E-state index is 0.516. The zero-order chi connectivity index (χ0) is 20.9. The quantitative estimate of drug-likeness (QED) is 0.557. The van der Waals surface area contributed by atoms with Crippen molar-refractivity contribution in [2.24, 2.45) is 5.92 Å². The third-order valence-corrected chi connectivity index (χ3v) is 6.26. The van der Waals surface area contributed by atoms with Crippen LogP contribution in [0.25, 0.3) is 10.9 Å². The lowest BCUT2D eigenvalue weighted by atomic mass is 9.86. The van der Waals surface area contributed by atoms with Gasteiger partial charge in [-0.2, -0.15) is 0 Å². The molecule has 0 spiro atoms. The fourth-order valence-electron chi connectivity index (χ4n) is 4.45. The van der Waals surface area contributed by atoms with E-state index in [2.05, 4.69) is 91.1 Å². The molecule has 1 aromatic heterocycles. The van der Waals surface area contributed by atoms with E-state index in [0.717, 1.165) is 30.3 Å². The second-order valence-electron chi connectivity index (χ2n) is 8.92. The van der Waals surface area contributed by atoms with E-state index in [4.69, 9.17) is 4.98 Å². The summed E-state index contributed by atoms with van der Waals surface area (Å²) in [6, 6.07) is 19.9. The minimum Gasteiger partial charge on any atom is -0.377 e. The molecule has 4 nitrogen and oxygen atoms in total. The van der Waals surface area contributed by atoms with Crippen molar-refractivity contribution in [3.8, 4) is 0 Å². The number of aryl methyl sites for hydroxylation is 1. The first-order valence-corrected chi connectivity index (χ1v) is 11.2. The highest BCUT2D eigenvalue weighted by Crippen LogP contribution is 2.30. The summed E-state index contributed by atoms with van der Waals surface area (Å²) in [5, 5.41) is 8.58. The number of hydrogen-bond donors (Lipinski definition) is 2. The van der Waals surface area contributed by atoms with Crippen molar-refractivity contribution in [2.45, 2.75) is 45.2 Å².